The molecule has 0 unspecified atom stereocenters. The van der Waals surface area contributed by atoms with Gasteiger partial charge < -0.3 is 15.5 Å². The molecule has 33 heavy (non-hydrogen) atoms. The zero-order valence-electron chi connectivity index (χ0n) is 20.3. The Hall–Kier alpha value is -2.41. The molecule has 4 aliphatic rings. The van der Waals surface area contributed by atoms with Gasteiger partial charge in [-0.05, 0) is 68.4 Å². The largest absolute Gasteiger partial charge is 0.350 e. The van der Waals surface area contributed by atoms with Gasteiger partial charge in [0, 0.05) is 37.9 Å². The molecule has 0 spiro atoms. The molecule has 178 valence electrons. The minimum absolute atomic E-state index is 0.0697. The quantitative estimate of drug-likeness (QED) is 0.733. The summed E-state index contributed by atoms with van der Waals surface area (Å²) in [6, 6.07) is 6.05. The molecular weight excluding hydrogens is 414 g/mol. The molecule has 2 N–H and O–H groups in total. The first-order valence-electron chi connectivity index (χ1n) is 12.5. The molecule has 2 aromatic heterocycles. The van der Waals surface area contributed by atoms with E-state index in [1.165, 1.54) is 19.3 Å². The van der Waals surface area contributed by atoms with Gasteiger partial charge in [-0.3, -0.25) is 14.0 Å². The smallest absolute Gasteiger partial charge is 0.268 e. The van der Waals surface area contributed by atoms with E-state index in [0.717, 1.165) is 19.0 Å². The van der Waals surface area contributed by atoms with E-state index < -0.39 is 0 Å². The summed E-state index contributed by atoms with van der Waals surface area (Å²) in [5.74, 6) is 2.16. The molecule has 3 saturated carbocycles. The van der Waals surface area contributed by atoms with Crippen molar-refractivity contribution in [3.63, 3.8) is 0 Å². The number of imidazole rings is 1. The van der Waals surface area contributed by atoms with Crippen molar-refractivity contribution in [2.24, 2.45) is 23.2 Å². The third-order valence-corrected chi connectivity index (χ3v) is 8.72. The minimum Gasteiger partial charge on any atom is -0.350 e. The summed E-state index contributed by atoms with van der Waals surface area (Å²) in [5, 5.41) is 6.61. The van der Waals surface area contributed by atoms with E-state index in [9.17, 15) is 9.59 Å². The van der Waals surface area contributed by atoms with Crippen molar-refractivity contribution in [2.45, 2.75) is 65.5 Å². The molecule has 5 atom stereocenters. The van der Waals surface area contributed by atoms with Gasteiger partial charge in [0.2, 0.25) is 5.91 Å². The molecule has 6 rings (SSSR count). The van der Waals surface area contributed by atoms with Crippen LogP contribution in [0.4, 0.5) is 0 Å². The van der Waals surface area contributed by atoms with Crippen molar-refractivity contribution in [1.82, 2.24) is 24.9 Å². The lowest BCUT2D eigenvalue weighted by Gasteiger charge is -2.60. The van der Waals surface area contributed by atoms with E-state index in [-0.39, 0.29) is 24.3 Å². The van der Waals surface area contributed by atoms with Crippen molar-refractivity contribution in [3.05, 3.63) is 35.8 Å². The Balaban J connectivity index is 1.26. The third kappa shape index (κ3) is 4.05. The number of nitrogens with zero attached hydrogens (tertiary/aromatic N) is 3. The van der Waals surface area contributed by atoms with Gasteiger partial charge >= 0.3 is 0 Å². The Kier molecular flexibility index (Phi) is 5.71. The predicted molar refractivity (Wildman–Crippen MR) is 128 cm³/mol. The van der Waals surface area contributed by atoms with E-state index in [0.29, 0.717) is 46.9 Å². The molecule has 0 aromatic carbocycles. The second kappa shape index (κ2) is 8.42. The van der Waals surface area contributed by atoms with Crippen molar-refractivity contribution in [3.8, 4) is 0 Å². The predicted octanol–water partition coefficient (Wildman–Crippen LogP) is 2.89. The molecule has 3 aliphatic carbocycles. The number of hydrogen-bond donors (Lipinski definition) is 2. The van der Waals surface area contributed by atoms with Crippen LogP contribution in [0.2, 0.25) is 0 Å². The lowest BCUT2D eigenvalue weighted by atomic mass is 9.45. The molecule has 7 nitrogen and oxygen atoms in total. The van der Waals surface area contributed by atoms with Crippen LogP contribution in [0.3, 0.4) is 0 Å². The van der Waals surface area contributed by atoms with Gasteiger partial charge in [-0.15, -0.1) is 0 Å². The maximum atomic E-state index is 13.1. The monoisotopic (exact) mass is 451 g/mol. The van der Waals surface area contributed by atoms with Crippen LogP contribution in [0.1, 0.15) is 63.1 Å². The van der Waals surface area contributed by atoms with Crippen LogP contribution in [0.5, 0.6) is 0 Å². The SMILES string of the molecule is C[C@@H]1CN(C(=O)Cc2cn3c(C(=O)NC[C@@H]4CC[C@@H]5C[C@H]4C5(C)C)cccc3n2)[C@@H](C)CN1. The number of nitrogens with one attached hydrogen (secondary N) is 2. The highest BCUT2D eigenvalue weighted by molar-refractivity contribution is 5.93. The molecule has 2 aromatic rings. The van der Waals surface area contributed by atoms with Crippen LogP contribution >= 0.6 is 0 Å². The Morgan fingerprint density at radius 3 is 2.82 bits per heavy atom. The standard InChI is InChI=1S/C26H37N5O2/c1-16-14-30(17(2)12-27-16)24(32)11-20-15-31-22(6-5-7-23(31)29-20)25(33)28-13-18-8-9-19-10-21(18)26(19,3)4/h5-7,15-19,21,27H,8-14H2,1-4H3,(H,28,33)/t16-,17+,18+,19-,21-/m1/s1. The maximum Gasteiger partial charge on any atom is 0.268 e. The molecular formula is C26H37N5O2. The molecule has 1 aliphatic heterocycles. The number of aromatic nitrogens is 2. The summed E-state index contributed by atoms with van der Waals surface area (Å²) < 4.78 is 1.83. The van der Waals surface area contributed by atoms with Gasteiger partial charge in [0.1, 0.15) is 11.3 Å². The van der Waals surface area contributed by atoms with Crippen LogP contribution in [0.25, 0.3) is 5.65 Å². The molecule has 1 saturated heterocycles. The highest BCUT2D eigenvalue weighted by Crippen LogP contribution is 2.61. The molecule has 4 fully saturated rings. The van der Waals surface area contributed by atoms with Crippen molar-refractivity contribution < 1.29 is 9.59 Å². The average Bonchev–Trinajstić information content (AvgIpc) is 3.21. The van der Waals surface area contributed by atoms with Crippen LogP contribution < -0.4 is 10.6 Å². The summed E-state index contributed by atoms with van der Waals surface area (Å²) in [6.07, 6.45) is 5.90. The number of pyridine rings is 1. The number of hydrogen-bond acceptors (Lipinski definition) is 4. The first-order valence-corrected chi connectivity index (χ1v) is 12.5. The summed E-state index contributed by atoms with van der Waals surface area (Å²) in [6.45, 7) is 11.2. The zero-order valence-corrected chi connectivity index (χ0v) is 20.3. The normalized spacial score (nSPS) is 30.7. The van der Waals surface area contributed by atoms with E-state index >= 15 is 0 Å². The van der Waals surface area contributed by atoms with E-state index in [4.69, 9.17) is 0 Å². The summed E-state index contributed by atoms with van der Waals surface area (Å²) in [4.78, 5) is 32.6. The molecule has 2 bridgehead atoms. The highest BCUT2D eigenvalue weighted by atomic mass is 16.2. The number of piperazine rings is 1. The van der Waals surface area contributed by atoms with Crippen molar-refractivity contribution >= 4 is 17.5 Å². The maximum absolute atomic E-state index is 13.1. The average molecular weight is 452 g/mol. The molecule has 7 heteroatoms. The van der Waals surface area contributed by atoms with Gasteiger partial charge in [0.15, 0.2) is 0 Å². The third-order valence-electron chi connectivity index (χ3n) is 8.72. The number of carbonyl (C=O) groups excluding carboxylic acids is 2. The van der Waals surface area contributed by atoms with Crippen LogP contribution in [-0.2, 0) is 11.2 Å². The Labute approximate surface area is 196 Å². The Morgan fingerprint density at radius 1 is 1.24 bits per heavy atom. The molecule has 0 radical (unpaired) electrons. The molecule has 3 heterocycles. The lowest BCUT2D eigenvalue weighted by molar-refractivity contribution is -0.133. The first-order chi connectivity index (χ1) is 15.7. The second-order valence-corrected chi connectivity index (χ2v) is 11.2. The highest BCUT2D eigenvalue weighted by Gasteiger charge is 2.53. The van der Waals surface area contributed by atoms with Gasteiger partial charge in [0.25, 0.3) is 5.91 Å². The number of amides is 2. The molecule has 2 amide bonds. The first kappa shape index (κ1) is 22.4. The second-order valence-electron chi connectivity index (χ2n) is 11.2. The van der Waals surface area contributed by atoms with Crippen LogP contribution in [0.15, 0.2) is 24.4 Å². The Morgan fingerprint density at radius 2 is 2.06 bits per heavy atom. The number of rotatable bonds is 5. The summed E-state index contributed by atoms with van der Waals surface area (Å²) in [5.41, 5.74) is 2.39. The van der Waals surface area contributed by atoms with Crippen molar-refractivity contribution in [1.29, 1.82) is 0 Å². The fraction of sp³-hybridized carbons (Fsp3) is 0.654. The Bertz CT molecular complexity index is 1060. The van der Waals surface area contributed by atoms with Gasteiger partial charge in [-0.1, -0.05) is 19.9 Å². The zero-order chi connectivity index (χ0) is 23.3. The van der Waals surface area contributed by atoms with Crippen LogP contribution in [0, 0.1) is 23.2 Å². The van der Waals surface area contributed by atoms with E-state index in [1.807, 2.05) is 33.7 Å². The number of fused-ring (bicyclic) bond motifs is 3. The summed E-state index contributed by atoms with van der Waals surface area (Å²) >= 11 is 0. The number of carbonyl (C=O) groups is 2. The minimum atomic E-state index is -0.0697. The van der Waals surface area contributed by atoms with Gasteiger partial charge in [-0.25, -0.2) is 4.98 Å². The van der Waals surface area contributed by atoms with Crippen LogP contribution in [-0.4, -0.2) is 57.8 Å². The van der Waals surface area contributed by atoms with Gasteiger partial charge in [0.05, 0.1) is 12.1 Å². The summed E-state index contributed by atoms with van der Waals surface area (Å²) in [7, 11) is 0. The fourth-order valence-corrected chi connectivity index (χ4v) is 6.48. The van der Waals surface area contributed by atoms with E-state index in [1.54, 1.807) is 0 Å². The lowest BCUT2D eigenvalue weighted by Crippen LogP contribution is -2.56. The fourth-order valence-electron chi connectivity index (χ4n) is 6.48. The van der Waals surface area contributed by atoms with E-state index in [2.05, 4.69) is 43.3 Å². The van der Waals surface area contributed by atoms with Crippen molar-refractivity contribution in [2.75, 3.05) is 19.6 Å². The topological polar surface area (TPSA) is 78.7 Å². The van der Waals surface area contributed by atoms with Gasteiger partial charge in [-0.2, -0.15) is 0 Å².